The molecule has 0 aliphatic carbocycles. The molecule has 6 nitrogen and oxygen atoms in total. The summed E-state index contributed by atoms with van der Waals surface area (Å²) in [7, 11) is -3.50. The molecule has 25 heavy (non-hydrogen) atoms. The molecule has 1 aliphatic rings. The summed E-state index contributed by atoms with van der Waals surface area (Å²) in [4.78, 5) is 20.4. The van der Waals surface area contributed by atoms with Crippen LogP contribution in [-0.4, -0.2) is 43.6 Å². The number of benzene rings is 1. The zero-order valence-electron chi connectivity index (χ0n) is 13.9. The molecule has 0 saturated carbocycles. The lowest BCUT2D eigenvalue weighted by Gasteiger charge is -2.23. The van der Waals surface area contributed by atoms with Gasteiger partial charge in [-0.05, 0) is 24.7 Å². The fraction of sp³-hybridized carbons (Fsp3) is 0.375. The van der Waals surface area contributed by atoms with Crippen molar-refractivity contribution in [3.05, 3.63) is 39.4 Å². The second kappa shape index (κ2) is 7.03. The summed E-state index contributed by atoms with van der Waals surface area (Å²) < 4.78 is 23.5. The molecule has 2 aromatic rings. The van der Waals surface area contributed by atoms with Crippen LogP contribution in [0.25, 0.3) is 0 Å². The van der Waals surface area contributed by atoms with E-state index in [1.54, 1.807) is 0 Å². The summed E-state index contributed by atoms with van der Waals surface area (Å²) >= 11 is 7.38. The zero-order chi connectivity index (χ0) is 18.2. The number of hydrogen-bond donors (Lipinski definition) is 1. The highest BCUT2D eigenvalue weighted by Gasteiger charge is 2.21. The van der Waals surface area contributed by atoms with Crippen molar-refractivity contribution in [3.63, 3.8) is 0 Å². The quantitative estimate of drug-likeness (QED) is 0.855. The Bertz CT molecular complexity index is 925. The number of rotatable bonds is 4. The van der Waals surface area contributed by atoms with Crippen molar-refractivity contribution in [2.24, 2.45) is 0 Å². The molecule has 1 N–H and O–H groups in total. The highest BCUT2D eigenvalue weighted by atomic mass is 35.5. The molecule has 0 radical (unpaired) electrons. The van der Waals surface area contributed by atoms with Crippen LogP contribution in [0.5, 0.6) is 0 Å². The Labute approximate surface area is 155 Å². The van der Waals surface area contributed by atoms with Gasteiger partial charge in [-0.2, -0.15) is 0 Å². The van der Waals surface area contributed by atoms with Gasteiger partial charge in [0.05, 0.1) is 15.6 Å². The van der Waals surface area contributed by atoms with E-state index in [1.807, 2.05) is 0 Å². The van der Waals surface area contributed by atoms with Gasteiger partial charge in [0.1, 0.15) is 0 Å². The number of thiazole rings is 1. The van der Waals surface area contributed by atoms with Crippen LogP contribution in [0.1, 0.15) is 27.9 Å². The molecule has 1 amide bonds. The van der Waals surface area contributed by atoms with Crippen LogP contribution in [0.4, 0.5) is 5.13 Å². The van der Waals surface area contributed by atoms with Crippen LogP contribution in [0, 0.1) is 0 Å². The third-order valence-electron chi connectivity index (χ3n) is 4.07. The molecule has 0 atom stereocenters. The lowest BCUT2D eigenvalue weighted by atomic mass is 10.2. The highest BCUT2D eigenvalue weighted by molar-refractivity contribution is 7.90. The summed E-state index contributed by atoms with van der Waals surface area (Å²) in [6, 6.07) is 4.21. The number of carbonyl (C=O) groups excluding carboxylic acids is 1. The van der Waals surface area contributed by atoms with E-state index in [9.17, 15) is 13.2 Å². The van der Waals surface area contributed by atoms with Crippen molar-refractivity contribution in [1.82, 2.24) is 9.88 Å². The number of fused-ring (bicyclic) bond motifs is 1. The van der Waals surface area contributed by atoms with Crippen LogP contribution in [-0.2, 0) is 22.8 Å². The normalized spacial score (nSPS) is 15.0. The maximum Gasteiger partial charge on any atom is 0.257 e. The predicted octanol–water partition coefficient (Wildman–Crippen LogP) is 2.83. The van der Waals surface area contributed by atoms with E-state index in [-0.39, 0.29) is 15.5 Å². The van der Waals surface area contributed by atoms with E-state index in [2.05, 4.69) is 22.1 Å². The van der Waals surface area contributed by atoms with Gasteiger partial charge in [-0.25, -0.2) is 13.4 Å². The van der Waals surface area contributed by atoms with Crippen molar-refractivity contribution < 1.29 is 13.2 Å². The SMILES string of the molecule is CCN1CCc2nc(NC(=O)c3ccc(Cl)c(S(C)(=O)=O)c3)sc2C1. The fourth-order valence-corrected chi connectivity index (χ4v) is 5.02. The Morgan fingerprint density at radius 1 is 1.44 bits per heavy atom. The van der Waals surface area contributed by atoms with Gasteiger partial charge in [0, 0.05) is 36.2 Å². The first-order valence-corrected chi connectivity index (χ1v) is 10.9. The van der Waals surface area contributed by atoms with E-state index in [1.165, 1.54) is 29.5 Å². The second-order valence-electron chi connectivity index (χ2n) is 5.88. The van der Waals surface area contributed by atoms with Crippen molar-refractivity contribution in [3.8, 4) is 0 Å². The number of carbonyl (C=O) groups is 1. The number of amides is 1. The molecule has 2 heterocycles. The molecule has 1 aliphatic heterocycles. The molecule has 1 aromatic carbocycles. The average molecular weight is 400 g/mol. The second-order valence-corrected chi connectivity index (χ2v) is 9.35. The van der Waals surface area contributed by atoms with Gasteiger partial charge in [-0.15, -0.1) is 11.3 Å². The minimum absolute atomic E-state index is 0.0566. The van der Waals surface area contributed by atoms with Crippen LogP contribution in [0.2, 0.25) is 5.02 Å². The number of nitrogens with one attached hydrogen (secondary N) is 1. The van der Waals surface area contributed by atoms with Crippen molar-refractivity contribution in [1.29, 1.82) is 0 Å². The summed E-state index contributed by atoms with van der Waals surface area (Å²) in [5.41, 5.74) is 1.26. The number of anilines is 1. The molecule has 3 rings (SSSR count). The first-order chi connectivity index (χ1) is 11.8. The van der Waals surface area contributed by atoms with E-state index in [0.717, 1.165) is 42.9 Å². The van der Waals surface area contributed by atoms with Gasteiger partial charge in [-0.3, -0.25) is 15.0 Å². The summed E-state index contributed by atoms with van der Waals surface area (Å²) in [5.74, 6) is -0.403. The van der Waals surface area contributed by atoms with E-state index < -0.39 is 15.7 Å². The van der Waals surface area contributed by atoms with Crippen molar-refractivity contribution in [2.75, 3.05) is 24.7 Å². The summed E-state index contributed by atoms with van der Waals surface area (Å²) in [6.45, 7) is 4.92. The lowest BCUT2D eigenvalue weighted by molar-refractivity contribution is 0.102. The number of nitrogens with zero attached hydrogens (tertiary/aromatic N) is 2. The van der Waals surface area contributed by atoms with Crippen molar-refractivity contribution in [2.45, 2.75) is 24.8 Å². The summed E-state index contributed by atoms with van der Waals surface area (Å²) in [5, 5.41) is 3.39. The van der Waals surface area contributed by atoms with Gasteiger partial charge in [-0.1, -0.05) is 18.5 Å². The first kappa shape index (κ1) is 18.3. The molecular formula is C16H18ClN3O3S2. The van der Waals surface area contributed by atoms with Crippen LogP contribution in [0.3, 0.4) is 0 Å². The van der Waals surface area contributed by atoms with Gasteiger partial charge in [0.25, 0.3) is 5.91 Å². The summed E-state index contributed by atoms with van der Waals surface area (Å²) in [6.07, 6.45) is 1.93. The number of likely N-dealkylation sites (N-methyl/N-ethyl adjacent to an activating group) is 1. The largest absolute Gasteiger partial charge is 0.298 e. The molecule has 0 fully saturated rings. The Hall–Kier alpha value is -1.48. The molecule has 0 unspecified atom stereocenters. The smallest absolute Gasteiger partial charge is 0.257 e. The van der Waals surface area contributed by atoms with E-state index >= 15 is 0 Å². The Kier molecular flexibility index (Phi) is 5.15. The molecule has 0 spiro atoms. The monoisotopic (exact) mass is 399 g/mol. The number of sulfone groups is 1. The van der Waals surface area contributed by atoms with Crippen LogP contribution >= 0.6 is 22.9 Å². The Morgan fingerprint density at radius 2 is 2.20 bits per heavy atom. The molecular weight excluding hydrogens is 382 g/mol. The van der Waals surface area contributed by atoms with Gasteiger partial charge < -0.3 is 0 Å². The maximum absolute atomic E-state index is 12.4. The Balaban J connectivity index is 1.81. The highest BCUT2D eigenvalue weighted by Crippen LogP contribution is 2.29. The predicted molar refractivity (Wildman–Crippen MR) is 99.3 cm³/mol. The number of halogens is 1. The van der Waals surface area contributed by atoms with Crippen LogP contribution < -0.4 is 5.32 Å². The molecule has 0 bridgehead atoms. The minimum atomic E-state index is -3.50. The molecule has 9 heteroatoms. The third kappa shape index (κ3) is 4.03. The van der Waals surface area contributed by atoms with Gasteiger partial charge in [0.2, 0.25) is 0 Å². The fourth-order valence-electron chi connectivity index (χ4n) is 2.67. The van der Waals surface area contributed by atoms with Gasteiger partial charge in [0.15, 0.2) is 15.0 Å². The zero-order valence-corrected chi connectivity index (χ0v) is 16.3. The average Bonchev–Trinajstić information content (AvgIpc) is 2.95. The topological polar surface area (TPSA) is 79.4 Å². The number of aromatic nitrogens is 1. The molecule has 0 saturated heterocycles. The van der Waals surface area contributed by atoms with E-state index in [4.69, 9.17) is 11.6 Å². The lowest BCUT2D eigenvalue weighted by Crippen LogP contribution is -2.29. The third-order valence-corrected chi connectivity index (χ3v) is 6.65. The Morgan fingerprint density at radius 3 is 2.88 bits per heavy atom. The van der Waals surface area contributed by atoms with Crippen molar-refractivity contribution >= 4 is 43.8 Å². The standard InChI is InChI=1S/C16H18ClN3O3S2/c1-3-20-7-6-12-13(9-20)24-16(18-12)19-15(21)10-4-5-11(17)14(8-10)25(2,22)23/h4-5,8H,3,6-7,9H2,1-2H3,(H,18,19,21). The van der Waals surface area contributed by atoms with E-state index in [0.29, 0.717) is 5.13 Å². The van der Waals surface area contributed by atoms with Crippen LogP contribution in [0.15, 0.2) is 23.1 Å². The number of hydrogen-bond acceptors (Lipinski definition) is 6. The molecule has 1 aromatic heterocycles. The minimum Gasteiger partial charge on any atom is -0.298 e. The first-order valence-electron chi connectivity index (χ1n) is 7.80. The van der Waals surface area contributed by atoms with Gasteiger partial charge >= 0.3 is 0 Å². The maximum atomic E-state index is 12.4. The molecule has 134 valence electrons.